The number of benzene rings is 2. The molecule has 0 saturated carbocycles. The lowest BCUT2D eigenvalue weighted by Crippen LogP contribution is -2.34. The van der Waals surface area contributed by atoms with E-state index in [1.54, 1.807) is 48.3 Å². The topological polar surface area (TPSA) is 70.1 Å². The molecule has 0 radical (unpaired) electrons. The van der Waals surface area contributed by atoms with Gasteiger partial charge in [0.05, 0.1) is 24.5 Å². The molecular weight excluding hydrogens is 356 g/mol. The molecule has 0 aliphatic carbocycles. The van der Waals surface area contributed by atoms with Gasteiger partial charge in [-0.25, -0.2) is 4.90 Å². The van der Waals surface area contributed by atoms with E-state index < -0.39 is 5.91 Å². The van der Waals surface area contributed by atoms with Gasteiger partial charge in [-0.1, -0.05) is 24.3 Å². The molecule has 2 aromatic carbocycles. The van der Waals surface area contributed by atoms with Crippen LogP contribution in [0, 0.1) is 6.92 Å². The fourth-order valence-electron chi connectivity index (χ4n) is 3.28. The van der Waals surface area contributed by atoms with E-state index in [1.165, 1.54) is 4.90 Å². The molecule has 1 aliphatic heterocycles. The number of aliphatic hydroxyl groups excluding tert-OH is 1. The van der Waals surface area contributed by atoms with Crippen molar-refractivity contribution in [1.82, 2.24) is 4.90 Å². The Kier molecular flexibility index (Phi) is 5.80. The lowest BCUT2D eigenvalue weighted by Gasteiger charge is -2.20. The first-order valence-electron chi connectivity index (χ1n) is 9.22. The van der Waals surface area contributed by atoms with Crippen LogP contribution in [0.4, 0.5) is 5.69 Å². The van der Waals surface area contributed by atoms with E-state index in [0.29, 0.717) is 29.2 Å². The van der Waals surface area contributed by atoms with Gasteiger partial charge in [0, 0.05) is 13.6 Å². The molecule has 6 nitrogen and oxygen atoms in total. The van der Waals surface area contributed by atoms with Crippen LogP contribution in [-0.4, -0.2) is 48.6 Å². The molecule has 0 aromatic heterocycles. The minimum absolute atomic E-state index is 0.123. The van der Waals surface area contributed by atoms with E-state index in [9.17, 15) is 14.7 Å². The van der Waals surface area contributed by atoms with Crippen molar-refractivity contribution in [1.29, 1.82) is 0 Å². The summed E-state index contributed by atoms with van der Waals surface area (Å²) in [7, 11) is 1.70. The van der Waals surface area contributed by atoms with Gasteiger partial charge in [0.25, 0.3) is 11.8 Å². The summed E-state index contributed by atoms with van der Waals surface area (Å²) in [6.07, 6.45) is 0. The number of hydrogen-bond acceptors (Lipinski definition) is 5. The van der Waals surface area contributed by atoms with Gasteiger partial charge in [-0.15, -0.1) is 0 Å². The van der Waals surface area contributed by atoms with E-state index in [-0.39, 0.29) is 24.8 Å². The number of carbonyl (C=O) groups excluding carboxylic acids is 2. The first-order chi connectivity index (χ1) is 13.5. The summed E-state index contributed by atoms with van der Waals surface area (Å²) >= 11 is 0. The zero-order valence-corrected chi connectivity index (χ0v) is 16.3. The highest BCUT2D eigenvalue weighted by molar-refractivity contribution is 6.45. The second-order valence-electron chi connectivity index (χ2n) is 6.61. The number of nitrogens with zero attached hydrogens (tertiary/aromatic N) is 2. The Labute approximate surface area is 164 Å². The lowest BCUT2D eigenvalue weighted by molar-refractivity contribution is -0.120. The van der Waals surface area contributed by atoms with Crippen molar-refractivity contribution in [2.45, 2.75) is 13.8 Å². The monoisotopic (exact) mass is 380 g/mol. The van der Waals surface area contributed by atoms with Gasteiger partial charge in [-0.05, 0) is 49.2 Å². The molecule has 2 aromatic rings. The molecule has 6 heteroatoms. The zero-order chi connectivity index (χ0) is 20.3. The molecule has 0 saturated heterocycles. The highest BCUT2D eigenvalue weighted by atomic mass is 16.5. The molecule has 0 spiro atoms. The normalized spacial score (nSPS) is 14.1. The quantitative estimate of drug-likeness (QED) is 0.748. The zero-order valence-electron chi connectivity index (χ0n) is 16.3. The lowest BCUT2D eigenvalue weighted by atomic mass is 10.0. The average molecular weight is 380 g/mol. The molecule has 1 N–H and O–H groups in total. The van der Waals surface area contributed by atoms with Crippen LogP contribution in [0.15, 0.2) is 54.2 Å². The molecule has 2 amide bonds. The summed E-state index contributed by atoms with van der Waals surface area (Å²) in [5, 5.41) is 9.33. The molecule has 0 atom stereocenters. The maximum absolute atomic E-state index is 13.3. The Bertz CT molecular complexity index is 918. The number of anilines is 1. The second-order valence-corrected chi connectivity index (χ2v) is 6.61. The number of aliphatic hydroxyl groups is 1. The van der Waals surface area contributed by atoms with Crippen LogP contribution < -0.4 is 9.64 Å². The van der Waals surface area contributed by atoms with Gasteiger partial charge in [0.15, 0.2) is 0 Å². The predicted molar refractivity (Wildman–Crippen MR) is 108 cm³/mol. The number of imide groups is 1. The summed E-state index contributed by atoms with van der Waals surface area (Å²) in [6, 6.07) is 14.4. The fourth-order valence-corrected chi connectivity index (χ4v) is 3.28. The Hall–Kier alpha value is -3.12. The maximum Gasteiger partial charge on any atom is 0.282 e. The summed E-state index contributed by atoms with van der Waals surface area (Å²) in [5.74, 6) is -0.0700. The number of likely N-dealkylation sites (N-methyl/N-ethyl adjacent to an activating group) is 1. The van der Waals surface area contributed by atoms with E-state index in [2.05, 4.69) is 0 Å². The standard InChI is InChI=1S/C22H24N2O4/c1-4-28-18-10-8-16(9-11-18)19-20(23(3)12-13-25)22(27)24(21(19)26)17-7-5-6-15(2)14-17/h5-11,14,25H,4,12-13H2,1-3H3. The van der Waals surface area contributed by atoms with Crippen molar-refractivity contribution in [3.8, 4) is 5.75 Å². The third-order valence-corrected chi connectivity index (χ3v) is 4.59. The molecule has 0 fully saturated rings. The van der Waals surface area contributed by atoms with Crippen LogP contribution in [0.25, 0.3) is 5.57 Å². The third kappa shape index (κ3) is 3.64. The highest BCUT2D eigenvalue weighted by Gasteiger charge is 2.41. The van der Waals surface area contributed by atoms with E-state index in [4.69, 9.17) is 4.74 Å². The molecule has 0 unspecified atom stereocenters. The number of amides is 2. The highest BCUT2D eigenvalue weighted by Crippen LogP contribution is 2.35. The first-order valence-corrected chi connectivity index (χ1v) is 9.22. The molecule has 146 valence electrons. The van der Waals surface area contributed by atoms with Crippen molar-refractivity contribution in [3.05, 3.63) is 65.4 Å². The van der Waals surface area contributed by atoms with Crippen LogP contribution in [0.5, 0.6) is 5.75 Å². The van der Waals surface area contributed by atoms with Crippen LogP contribution in [-0.2, 0) is 9.59 Å². The minimum Gasteiger partial charge on any atom is -0.494 e. The Morgan fingerprint density at radius 1 is 1.07 bits per heavy atom. The van der Waals surface area contributed by atoms with Gasteiger partial charge >= 0.3 is 0 Å². The molecule has 3 rings (SSSR count). The number of aryl methyl sites for hydroxylation is 1. The van der Waals surface area contributed by atoms with E-state index in [1.807, 2.05) is 26.0 Å². The Morgan fingerprint density at radius 3 is 2.39 bits per heavy atom. The van der Waals surface area contributed by atoms with Crippen molar-refractivity contribution >= 4 is 23.1 Å². The summed E-state index contributed by atoms with van der Waals surface area (Å²) in [6.45, 7) is 4.48. The molecular formula is C22H24N2O4. The smallest absolute Gasteiger partial charge is 0.282 e. The molecule has 1 aliphatic rings. The number of hydrogen-bond donors (Lipinski definition) is 1. The van der Waals surface area contributed by atoms with Crippen molar-refractivity contribution in [2.24, 2.45) is 0 Å². The number of ether oxygens (including phenoxy) is 1. The maximum atomic E-state index is 13.3. The van der Waals surface area contributed by atoms with Gasteiger partial charge in [0.2, 0.25) is 0 Å². The van der Waals surface area contributed by atoms with Crippen LogP contribution in [0.1, 0.15) is 18.1 Å². The van der Waals surface area contributed by atoms with E-state index >= 15 is 0 Å². The van der Waals surface area contributed by atoms with Gasteiger partial charge < -0.3 is 14.7 Å². The fraction of sp³-hybridized carbons (Fsp3) is 0.273. The molecule has 0 bridgehead atoms. The van der Waals surface area contributed by atoms with Gasteiger partial charge in [-0.3, -0.25) is 9.59 Å². The van der Waals surface area contributed by atoms with Crippen LogP contribution >= 0.6 is 0 Å². The molecule has 28 heavy (non-hydrogen) atoms. The van der Waals surface area contributed by atoms with Crippen LogP contribution in [0.3, 0.4) is 0 Å². The molecule has 1 heterocycles. The van der Waals surface area contributed by atoms with Crippen LogP contribution in [0.2, 0.25) is 0 Å². The van der Waals surface area contributed by atoms with Crippen molar-refractivity contribution < 1.29 is 19.4 Å². The average Bonchev–Trinajstić information content (AvgIpc) is 2.93. The van der Waals surface area contributed by atoms with Crippen molar-refractivity contribution in [2.75, 3.05) is 31.7 Å². The van der Waals surface area contributed by atoms with Gasteiger partial charge in [-0.2, -0.15) is 0 Å². The van der Waals surface area contributed by atoms with Gasteiger partial charge in [0.1, 0.15) is 11.4 Å². The first kappa shape index (κ1) is 19.6. The second kappa shape index (κ2) is 8.27. The van der Waals surface area contributed by atoms with Crippen molar-refractivity contribution in [3.63, 3.8) is 0 Å². The largest absolute Gasteiger partial charge is 0.494 e. The Balaban J connectivity index is 2.08. The summed E-state index contributed by atoms with van der Waals surface area (Å²) in [4.78, 5) is 29.3. The number of rotatable bonds is 7. The summed E-state index contributed by atoms with van der Waals surface area (Å²) in [5.41, 5.74) is 2.73. The number of carbonyl (C=O) groups is 2. The Morgan fingerprint density at radius 2 is 1.79 bits per heavy atom. The SMILES string of the molecule is CCOc1ccc(C2=C(N(C)CCO)C(=O)N(c3cccc(C)c3)C2=O)cc1. The minimum atomic E-state index is -0.393. The predicted octanol–water partition coefficient (Wildman–Crippen LogP) is 2.60. The third-order valence-electron chi connectivity index (χ3n) is 4.59. The summed E-state index contributed by atoms with van der Waals surface area (Å²) < 4.78 is 5.47. The van der Waals surface area contributed by atoms with E-state index in [0.717, 1.165) is 5.56 Å².